The number of nitro groups is 1. The lowest BCUT2D eigenvalue weighted by Gasteiger charge is -2.12. The summed E-state index contributed by atoms with van der Waals surface area (Å²) in [6.45, 7) is 4.16. The molecule has 0 bridgehead atoms. The summed E-state index contributed by atoms with van der Waals surface area (Å²) in [6, 6.07) is 10.3. The van der Waals surface area contributed by atoms with E-state index >= 15 is 0 Å². The third-order valence-electron chi connectivity index (χ3n) is 3.17. The number of benzene rings is 2. The molecule has 0 radical (unpaired) electrons. The quantitative estimate of drug-likeness (QED) is 0.501. The number of anilines is 1. The third kappa shape index (κ3) is 3.49. The van der Waals surface area contributed by atoms with Gasteiger partial charge in [0.1, 0.15) is 12.4 Å². The van der Waals surface area contributed by atoms with E-state index in [1.54, 1.807) is 6.07 Å². The van der Waals surface area contributed by atoms with Gasteiger partial charge in [-0.15, -0.1) is 0 Å². The first kappa shape index (κ1) is 14.8. The number of aryl methyl sites for hydroxylation is 2. The Balaban J connectivity index is 2.22. The van der Waals surface area contributed by atoms with E-state index in [-0.39, 0.29) is 12.3 Å². The zero-order valence-corrected chi connectivity index (χ0v) is 11.9. The summed E-state index contributed by atoms with van der Waals surface area (Å²) in [4.78, 5) is 10.4. The van der Waals surface area contributed by atoms with Gasteiger partial charge >= 0.3 is 0 Å². The number of hydrazine groups is 1. The smallest absolute Gasteiger partial charge is 0.269 e. The number of rotatable bonds is 5. The Morgan fingerprint density at radius 2 is 2.00 bits per heavy atom. The van der Waals surface area contributed by atoms with E-state index in [2.05, 4.69) is 5.43 Å². The highest BCUT2D eigenvalue weighted by molar-refractivity contribution is 5.55. The summed E-state index contributed by atoms with van der Waals surface area (Å²) in [5, 5.41) is 10.8. The minimum absolute atomic E-state index is 0.00762. The summed E-state index contributed by atoms with van der Waals surface area (Å²) in [7, 11) is 0. The van der Waals surface area contributed by atoms with E-state index in [0.717, 1.165) is 16.9 Å². The van der Waals surface area contributed by atoms with Gasteiger partial charge in [-0.2, -0.15) is 0 Å². The molecule has 3 N–H and O–H groups in total. The number of non-ortho nitro benzene ring substituents is 1. The Kier molecular flexibility index (Phi) is 4.39. The van der Waals surface area contributed by atoms with Crippen molar-refractivity contribution >= 4 is 11.4 Å². The summed E-state index contributed by atoms with van der Waals surface area (Å²) in [5.74, 6) is 6.17. The Bertz CT molecular complexity index is 671. The van der Waals surface area contributed by atoms with Crippen molar-refractivity contribution in [2.75, 3.05) is 5.43 Å². The first-order chi connectivity index (χ1) is 10.0. The predicted octanol–water partition coefficient (Wildman–Crippen LogP) is 3.08. The lowest BCUT2D eigenvalue weighted by Crippen LogP contribution is -2.11. The van der Waals surface area contributed by atoms with Crippen LogP contribution in [0.15, 0.2) is 36.4 Å². The molecule has 2 aromatic rings. The van der Waals surface area contributed by atoms with Crippen molar-refractivity contribution in [3.63, 3.8) is 0 Å². The van der Waals surface area contributed by atoms with Crippen LogP contribution in [0.3, 0.4) is 0 Å². The molecule has 0 saturated heterocycles. The molecule has 0 fully saturated rings. The fraction of sp³-hybridized carbons (Fsp3) is 0.200. The number of nitrogens with zero attached hydrogens (tertiary/aromatic N) is 1. The maximum atomic E-state index is 10.8. The number of ether oxygens (including phenoxy) is 1. The number of hydrogen-bond acceptors (Lipinski definition) is 5. The summed E-state index contributed by atoms with van der Waals surface area (Å²) in [6.07, 6.45) is 0. The molecule has 0 saturated carbocycles. The highest BCUT2D eigenvalue weighted by atomic mass is 16.6. The largest absolute Gasteiger partial charge is 0.489 e. The number of nitrogens with one attached hydrogen (secondary N) is 1. The molecular weight excluding hydrogens is 270 g/mol. The van der Waals surface area contributed by atoms with Gasteiger partial charge in [-0.3, -0.25) is 16.0 Å². The van der Waals surface area contributed by atoms with Crippen molar-refractivity contribution in [3.05, 3.63) is 63.2 Å². The number of hydrogen-bond donors (Lipinski definition) is 2. The maximum Gasteiger partial charge on any atom is 0.269 e. The van der Waals surface area contributed by atoms with Gasteiger partial charge in [0.05, 0.1) is 10.6 Å². The van der Waals surface area contributed by atoms with Crippen LogP contribution < -0.4 is 16.0 Å². The lowest BCUT2D eigenvalue weighted by molar-refractivity contribution is -0.384. The minimum atomic E-state index is -0.444. The van der Waals surface area contributed by atoms with Crippen molar-refractivity contribution < 1.29 is 9.66 Å². The molecule has 0 aliphatic rings. The van der Waals surface area contributed by atoms with E-state index in [4.69, 9.17) is 10.6 Å². The Morgan fingerprint density at radius 1 is 1.24 bits per heavy atom. The van der Waals surface area contributed by atoms with Crippen LogP contribution in [0.1, 0.15) is 16.7 Å². The van der Waals surface area contributed by atoms with Gasteiger partial charge in [0.25, 0.3) is 5.69 Å². The second-order valence-corrected chi connectivity index (χ2v) is 4.80. The van der Waals surface area contributed by atoms with Crippen LogP contribution in [-0.2, 0) is 6.61 Å². The van der Waals surface area contributed by atoms with Crippen molar-refractivity contribution in [1.82, 2.24) is 0 Å². The lowest BCUT2D eigenvalue weighted by atomic mass is 10.1. The fourth-order valence-electron chi connectivity index (χ4n) is 2.07. The molecule has 6 nitrogen and oxygen atoms in total. The molecule has 0 heterocycles. The molecule has 2 aromatic carbocycles. The SMILES string of the molecule is Cc1ccc(OCc2cc([N+](=O)[O-])ccc2NN)c(C)c1. The molecule has 0 atom stereocenters. The summed E-state index contributed by atoms with van der Waals surface area (Å²) in [5.41, 5.74) is 5.93. The fourth-order valence-corrected chi connectivity index (χ4v) is 2.07. The molecule has 6 heteroatoms. The number of nitrogen functional groups attached to an aromatic ring is 1. The van der Waals surface area contributed by atoms with Gasteiger partial charge in [-0.05, 0) is 31.5 Å². The van der Waals surface area contributed by atoms with Crippen molar-refractivity contribution in [1.29, 1.82) is 0 Å². The van der Waals surface area contributed by atoms with Crippen LogP contribution in [0.2, 0.25) is 0 Å². The first-order valence-corrected chi connectivity index (χ1v) is 6.45. The number of nitrogens with two attached hydrogens (primary N) is 1. The van der Waals surface area contributed by atoms with E-state index in [1.807, 2.05) is 32.0 Å². The van der Waals surface area contributed by atoms with Crippen LogP contribution in [0, 0.1) is 24.0 Å². The maximum absolute atomic E-state index is 10.8. The molecular formula is C15H17N3O3. The van der Waals surface area contributed by atoms with E-state index in [9.17, 15) is 10.1 Å². The third-order valence-corrected chi connectivity index (χ3v) is 3.17. The molecule has 0 aromatic heterocycles. The average molecular weight is 287 g/mol. The van der Waals surface area contributed by atoms with Crippen LogP contribution in [-0.4, -0.2) is 4.92 Å². The Hall–Kier alpha value is -2.60. The van der Waals surface area contributed by atoms with Gasteiger partial charge in [0.2, 0.25) is 0 Å². The van der Waals surface area contributed by atoms with Crippen LogP contribution in [0.25, 0.3) is 0 Å². The molecule has 0 aliphatic heterocycles. The van der Waals surface area contributed by atoms with Gasteiger partial charge in [-0.1, -0.05) is 17.7 Å². The topological polar surface area (TPSA) is 90.4 Å². The normalized spacial score (nSPS) is 10.2. The zero-order chi connectivity index (χ0) is 15.4. The Morgan fingerprint density at radius 3 is 2.62 bits per heavy atom. The van der Waals surface area contributed by atoms with Crippen LogP contribution >= 0.6 is 0 Å². The molecule has 0 amide bonds. The van der Waals surface area contributed by atoms with Crippen molar-refractivity contribution in [2.24, 2.45) is 5.84 Å². The second-order valence-electron chi connectivity index (χ2n) is 4.80. The molecule has 21 heavy (non-hydrogen) atoms. The highest BCUT2D eigenvalue weighted by Gasteiger charge is 2.11. The summed E-state index contributed by atoms with van der Waals surface area (Å²) < 4.78 is 5.74. The molecule has 110 valence electrons. The van der Waals surface area contributed by atoms with E-state index in [0.29, 0.717) is 11.3 Å². The van der Waals surface area contributed by atoms with Gasteiger partial charge < -0.3 is 10.2 Å². The standard InChI is InChI=1S/C15H17N3O3/c1-10-3-6-15(11(2)7-10)21-9-12-8-13(18(19)20)4-5-14(12)17-16/h3-8,17H,9,16H2,1-2H3. The van der Waals surface area contributed by atoms with E-state index < -0.39 is 4.92 Å². The molecule has 0 aliphatic carbocycles. The summed E-state index contributed by atoms with van der Waals surface area (Å²) >= 11 is 0. The minimum Gasteiger partial charge on any atom is -0.489 e. The Labute approximate surface area is 122 Å². The zero-order valence-electron chi connectivity index (χ0n) is 11.9. The molecule has 0 spiro atoms. The molecule has 2 rings (SSSR count). The average Bonchev–Trinajstić information content (AvgIpc) is 2.46. The molecule has 0 unspecified atom stereocenters. The first-order valence-electron chi connectivity index (χ1n) is 6.45. The van der Waals surface area contributed by atoms with E-state index in [1.165, 1.54) is 12.1 Å². The van der Waals surface area contributed by atoms with Gasteiger partial charge in [0.15, 0.2) is 0 Å². The van der Waals surface area contributed by atoms with Gasteiger partial charge in [0, 0.05) is 17.7 Å². The van der Waals surface area contributed by atoms with Crippen molar-refractivity contribution in [2.45, 2.75) is 20.5 Å². The van der Waals surface area contributed by atoms with Crippen molar-refractivity contribution in [3.8, 4) is 5.75 Å². The van der Waals surface area contributed by atoms with Crippen LogP contribution in [0.5, 0.6) is 5.75 Å². The van der Waals surface area contributed by atoms with Crippen LogP contribution in [0.4, 0.5) is 11.4 Å². The van der Waals surface area contributed by atoms with Gasteiger partial charge in [-0.25, -0.2) is 0 Å². The predicted molar refractivity (Wildman–Crippen MR) is 81.2 cm³/mol. The monoisotopic (exact) mass is 287 g/mol. The number of nitro benzene ring substituents is 1. The second kappa shape index (κ2) is 6.23. The highest BCUT2D eigenvalue weighted by Crippen LogP contribution is 2.25.